The van der Waals surface area contributed by atoms with Gasteiger partial charge in [0.05, 0.1) is 19.3 Å². The van der Waals surface area contributed by atoms with Gasteiger partial charge in [-0.25, -0.2) is 9.67 Å². The Kier molecular flexibility index (Phi) is 4.76. The molecule has 0 bridgehead atoms. The highest BCUT2D eigenvalue weighted by Crippen LogP contribution is 2.16. The topological polar surface area (TPSA) is 77.5 Å². The third kappa shape index (κ3) is 3.73. The molecule has 0 radical (unpaired) electrons. The number of aromatic nitrogens is 2. The summed E-state index contributed by atoms with van der Waals surface area (Å²) in [5.74, 6) is 1.15. The van der Waals surface area contributed by atoms with E-state index in [-0.39, 0.29) is 0 Å². The lowest BCUT2D eigenvalue weighted by Gasteiger charge is -2.09. The van der Waals surface area contributed by atoms with E-state index in [9.17, 15) is 0 Å². The predicted octanol–water partition coefficient (Wildman–Crippen LogP) is 2.81. The summed E-state index contributed by atoms with van der Waals surface area (Å²) in [7, 11) is 1.63. The van der Waals surface area contributed by atoms with Gasteiger partial charge in [-0.3, -0.25) is 0 Å². The normalized spacial score (nSPS) is 11.3. The summed E-state index contributed by atoms with van der Waals surface area (Å²) in [6.45, 7) is 0.463. The van der Waals surface area contributed by atoms with Crippen molar-refractivity contribution in [3.8, 4) is 11.4 Å². The van der Waals surface area contributed by atoms with Crippen LogP contribution in [0.3, 0.4) is 0 Å². The molecule has 24 heavy (non-hydrogen) atoms. The Morgan fingerprint density at radius 1 is 1.17 bits per heavy atom. The summed E-state index contributed by atoms with van der Waals surface area (Å²) < 4.78 is 6.95. The average molecular weight is 321 g/mol. The summed E-state index contributed by atoms with van der Waals surface area (Å²) in [4.78, 5) is 4.41. The molecule has 1 heterocycles. The van der Waals surface area contributed by atoms with Gasteiger partial charge in [-0.05, 0) is 42.0 Å². The number of hydrogen-bond acceptors (Lipinski definition) is 3. The molecule has 0 atom stereocenters. The standard InChI is InChI=1S/C18H19N5O/c1-24-16-9-7-15(8-10-16)22-18(19)20-13-14-5-2-3-6-17(14)23-12-4-11-21-23/h2-12H,13H2,1H3,(H3,19,20,22). The van der Waals surface area contributed by atoms with E-state index in [4.69, 9.17) is 10.5 Å². The molecule has 0 aliphatic carbocycles. The van der Waals surface area contributed by atoms with Gasteiger partial charge in [0.15, 0.2) is 5.96 Å². The highest BCUT2D eigenvalue weighted by Gasteiger charge is 2.04. The average Bonchev–Trinajstić information content (AvgIpc) is 3.15. The van der Waals surface area contributed by atoms with Crippen LogP contribution in [0, 0.1) is 0 Å². The van der Waals surface area contributed by atoms with E-state index in [0.717, 1.165) is 22.7 Å². The number of nitrogens with two attached hydrogens (primary N) is 1. The van der Waals surface area contributed by atoms with Gasteiger partial charge in [0.2, 0.25) is 0 Å². The Labute approximate surface area is 140 Å². The monoisotopic (exact) mass is 321 g/mol. The van der Waals surface area contributed by atoms with E-state index in [1.54, 1.807) is 13.3 Å². The van der Waals surface area contributed by atoms with Crippen LogP contribution < -0.4 is 15.8 Å². The first-order valence-corrected chi connectivity index (χ1v) is 7.55. The van der Waals surface area contributed by atoms with Crippen LogP contribution in [0.1, 0.15) is 5.56 Å². The number of nitrogens with zero attached hydrogens (tertiary/aromatic N) is 3. The van der Waals surface area contributed by atoms with Crippen molar-refractivity contribution in [3.63, 3.8) is 0 Å². The molecule has 0 amide bonds. The molecule has 0 aliphatic heterocycles. The molecule has 6 heteroatoms. The molecule has 3 aromatic rings. The zero-order valence-corrected chi connectivity index (χ0v) is 13.4. The van der Waals surface area contributed by atoms with Crippen LogP contribution in [-0.4, -0.2) is 22.8 Å². The highest BCUT2D eigenvalue weighted by molar-refractivity contribution is 5.92. The Morgan fingerprint density at radius 3 is 2.67 bits per heavy atom. The van der Waals surface area contributed by atoms with Gasteiger partial charge in [-0.1, -0.05) is 18.2 Å². The Morgan fingerprint density at radius 2 is 1.96 bits per heavy atom. The van der Waals surface area contributed by atoms with Crippen LogP contribution >= 0.6 is 0 Å². The van der Waals surface area contributed by atoms with Crippen molar-refractivity contribution >= 4 is 11.6 Å². The largest absolute Gasteiger partial charge is 0.497 e. The zero-order valence-electron chi connectivity index (χ0n) is 13.4. The van der Waals surface area contributed by atoms with Gasteiger partial charge in [0, 0.05) is 18.1 Å². The van der Waals surface area contributed by atoms with Crippen molar-refractivity contribution in [2.75, 3.05) is 12.4 Å². The molecule has 0 aliphatic rings. The van der Waals surface area contributed by atoms with Crippen LogP contribution in [0.25, 0.3) is 5.69 Å². The number of rotatable bonds is 5. The third-order valence-electron chi connectivity index (χ3n) is 3.53. The Bertz CT molecular complexity index is 810. The van der Waals surface area contributed by atoms with E-state index < -0.39 is 0 Å². The van der Waals surface area contributed by atoms with E-state index in [0.29, 0.717) is 12.5 Å². The van der Waals surface area contributed by atoms with Crippen LogP contribution in [0.2, 0.25) is 0 Å². The quantitative estimate of drug-likeness (QED) is 0.559. The second-order valence-corrected chi connectivity index (χ2v) is 5.13. The fourth-order valence-electron chi connectivity index (χ4n) is 2.31. The minimum atomic E-state index is 0.357. The predicted molar refractivity (Wildman–Crippen MR) is 95.5 cm³/mol. The smallest absolute Gasteiger partial charge is 0.193 e. The zero-order chi connectivity index (χ0) is 16.8. The third-order valence-corrected chi connectivity index (χ3v) is 3.53. The lowest BCUT2D eigenvalue weighted by Crippen LogP contribution is -2.22. The van der Waals surface area contributed by atoms with Gasteiger partial charge >= 0.3 is 0 Å². The number of para-hydroxylation sites is 1. The van der Waals surface area contributed by atoms with E-state index >= 15 is 0 Å². The molecule has 3 N–H and O–H groups in total. The van der Waals surface area contributed by atoms with Gasteiger partial charge in [0.25, 0.3) is 0 Å². The summed E-state index contributed by atoms with van der Waals surface area (Å²) in [5, 5.41) is 7.34. The number of aliphatic imine (C=N–C) groups is 1. The SMILES string of the molecule is COc1ccc(NC(N)=NCc2ccccc2-n2cccn2)cc1. The van der Waals surface area contributed by atoms with Crippen LogP contribution in [0.5, 0.6) is 5.75 Å². The molecule has 2 aromatic carbocycles. The van der Waals surface area contributed by atoms with E-state index in [2.05, 4.69) is 15.4 Å². The van der Waals surface area contributed by atoms with Crippen molar-refractivity contribution in [2.24, 2.45) is 10.7 Å². The fraction of sp³-hybridized carbons (Fsp3) is 0.111. The van der Waals surface area contributed by atoms with Crippen molar-refractivity contribution in [3.05, 3.63) is 72.6 Å². The Balaban J connectivity index is 1.71. The number of methoxy groups -OCH3 is 1. The molecular formula is C18H19N5O. The maximum absolute atomic E-state index is 5.98. The molecule has 0 saturated heterocycles. The molecule has 0 spiro atoms. The summed E-state index contributed by atoms with van der Waals surface area (Å²) in [6.07, 6.45) is 3.65. The van der Waals surface area contributed by atoms with Crippen LogP contribution in [0.4, 0.5) is 5.69 Å². The lowest BCUT2D eigenvalue weighted by atomic mass is 10.2. The highest BCUT2D eigenvalue weighted by atomic mass is 16.5. The Hall–Kier alpha value is -3.28. The van der Waals surface area contributed by atoms with Crippen molar-refractivity contribution in [1.29, 1.82) is 0 Å². The summed E-state index contributed by atoms with van der Waals surface area (Å²) in [5.41, 5.74) is 8.87. The van der Waals surface area contributed by atoms with Crippen LogP contribution in [0.15, 0.2) is 72.0 Å². The van der Waals surface area contributed by atoms with Crippen LogP contribution in [-0.2, 0) is 6.54 Å². The molecule has 0 unspecified atom stereocenters. The number of ether oxygens (including phenoxy) is 1. The minimum Gasteiger partial charge on any atom is -0.497 e. The first-order chi connectivity index (χ1) is 11.8. The van der Waals surface area contributed by atoms with Crippen molar-refractivity contribution < 1.29 is 4.74 Å². The number of hydrogen-bond donors (Lipinski definition) is 2. The first-order valence-electron chi connectivity index (χ1n) is 7.55. The number of benzene rings is 2. The second kappa shape index (κ2) is 7.32. The molecule has 122 valence electrons. The van der Waals surface area contributed by atoms with Gasteiger partial charge in [0.1, 0.15) is 5.75 Å². The molecule has 0 fully saturated rings. The molecule has 3 rings (SSSR count). The fourth-order valence-corrected chi connectivity index (χ4v) is 2.31. The first kappa shape index (κ1) is 15.6. The molecule has 0 saturated carbocycles. The van der Waals surface area contributed by atoms with Crippen molar-refractivity contribution in [1.82, 2.24) is 9.78 Å². The second-order valence-electron chi connectivity index (χ2n) is 5.13. The maximum atomic E-state index is 5.98. The molecule has 6 nitrogen and oxygen atoms in total. The number of anilines is 1. The molecule has 1 aromatic heterocycles. The van der Waals surface area contributed by atoms with E-state index in [1.165, 1.54) is 0 Å². The summed E-state index contributed by atoms with van der Waals surface area (Å²) in [6, 6.07) is 17.4. The maximum Gasteiger partial charge on any atom is 0.193 e. The number of nitrogens with one attached hydrogen (secondary N) is 1. The van der Waals surface area contributed by atoms with Gasteiger partial charge in [-0.2, -0.15) is 5.10 Å². The minimum absolute atomic E-state index is 0.357. The van der Waals surface area contributed by atoms with E-state index in [1.807, 2.05) is 65.5 Å². The summed E-state index contributed by atoms with van der Waals surface area (Å²) >= 11 is 0. The van der Waals surface area contributed by atoms with Gasteiger partial charge in [-0.15, -0.1) is 0 Å². The molecular weight excluding hydrogens is 302 g/mol. The number of guanidine groups is 1. The lowest BCUT2D eigenvalue weighted by molar-refractivity contribution is 0.415. The van der Waals surface area contributed by atoms with Crippen molar-refractivity contribution in [2.45, 2.75) is 6.54 Å². The van der Waals surface area contributed by atoms with Gasteiger partial charge < -0.3 is 15.8 Å².